The molecule has 31 heavy (non-hydrogen) atoms. The minimum absolute atomic E-state index is 0.561. The van der Waals surface area contributed by atoms with Gasteiger partial charge in [0.2, 0.25) is 5.89 Å². The van der Waals surface area contributed by atoms with E-state index in [-0.39, 0.29) is 0 Å². The van der Waals surface area contributed by atoms with E-state index < -0.39 is 0 Å². The third kappa shape index (κ3) is 5.30. The van der Waals surface area contributed by atoms with Crippen molar-refractivity contribution in [3.63, 3.8) is 0 Å². The van der Waals surface area contributed by atoms with Gasteiger partial charge in [0.25, 0.3) is 0 Å². The molecule has 0 saturated carbocycles. The first-order valence-corrected chi connectivity index (χ1v) is 11.4. The van der Waals surface area contributed by atoms with Gasteiger partial charge >= 0.3 is 0 Å². The zero-order valence-electron chi connectivity index (χ0n) is 16.8. The smallest absolute Gasteiger partial charge is 0.226 e. The van der Waals surface area contributed by atoms with E-state index in [1.165, 1.54) is 0 Å². The fourth-order valence-electron chi connectivity index (χ4n) is 3.04. The van der Waals surface area contributed by atoms with Gasteiger partial charge in [-0.05, 0) is 42.8 Å². The number of ether oxygens (including phenoxy) is 1. The summed E-state index contributed by atoms with van der Waals surface area (Å²) in [4.78, 5) is 4.58. The van der Waals surface area contributed by atoms with Gasteiger partial charge in [-0.2, -0.15) is 0 Å². The van der Waals surface area contributed by atoms with Gasteiger partial charge in [0.1, 0.15) is 6.26 Å². The molecule has 4 aromatic rings. The highest BCUT2D eigenvalue weighted by Gasteiger charge is 2.17. The van der Waals surface area contributed by atoms with E-state index in [4.69, 9.17) is 32.4 Å². The van der Waals surface area contributed by atoms with Crippen molar-refractivity contribution < 1.29 is 9.15 Å². The van der Waals surface area contributed by atoms with Crippen LogP contribution in [0.15, 0.2) is 64.4 Å². The van der Waals surface area contributed by atoms with E-state index in [0.29, 0.717) is 28.3 Å². The maximum atomic E-state index is 6.40. The normalized spacial score (nSPS) is 11.2. The Hall–Kier alpha value is -2.32. The second kappa shape index (κ2) is 10.3. The largest absolute Gasteiger partial charge is 0.444 e. The Morgan fingerprint density at radius 3 is 2.65 bits per heavy atom. The number of aromatic nitrogens is 4. The average Bonchev–Trinajstić information content (AvgIpc) is 3.41. The first-order chi connectivity index (χ1) is 15.2. The van der Waals surface area contributed by atoms with E-state index >= 15 is 0 Å². The number of halogens is 2. The molecule has 2 aromatic heterocycles. The topological polar surface area (TPSA) is 66.0 Å². The predicted molar refractivity (Wildman–Crippen MR) is 123 cm³/mol. The van der Waals surface area contributed by atoms with Crippen LogP contribution in [0.1, 0.15) is 12.1 Å². The van der Waals surface area contributed by atoms with Crippen molar-refractivity contribution in [2.45, 2.75) is 23.9 Å². The van der Waals surface area contributed by atoms with Gasteiger partial charge in [0.05, 0.1) is 10.7 Å². The van der Waals surface area contributed by atoms with E-state index in [1.807, 2.05) is 48.5 Å². The molecule has 0 aliphatic heterocycles. The van der Waals surface area contributed by atoms with Crippen molar-refractivity contribution in [3.05, 3.63) is 70.5 Å². The van der Waals surface area contributed by atoms with Gasteiger partial charge in [0.15, 0.2) is 11.0 Å². The van der Waals surface area contributed by atoms with E-state index in [0.717, 1.165) is 40.8 Å². The average molecular weight is 475 g/mol. The molecule has 6 nitrogen and oxygen atoms in total. The molecule has 0 aliphatic carbocycles. The Balaban J connectivity index is 1.53. The standard InChI is InChI=1S/C22H20Cl2N4O2S/c1-29-12-4-11-28-20(18-5-2-3-6-19(18)24)26-27-22(28)31-14-17-13-30-21(25-17)15-7-9-16(23)10-8-15/h2-3,5-10,13H,4,11-12,14H2,1H3. The van der Waals surface area contributed by atoms with Crippen LogP contribution in [-0.2, 0) is 17.0 Å². The maximum Gasteiger partial charge on any atom is 0.226 e. The van der Waals surface area contributed by atoms with Crippen LogP contribution in [0.2, 0.25) is 10.0 Å². The zero-order valence-corrected chi connectivity index (χ0v) is 19.1. The molecule has 0 N–H and O–H groups in total. The number of rotatable bonds is 9. The second-order valence-electron chi connectivity index (χ2n) is 6.72. The van der Waals surface area contributed by atoms with Gasteiger partial charge in [0, 0.05) is 42.2 Å². The van der Waals surface area contributed by atoms with Gasteiger partial charge in [-0.3, -0.25) is 0 Å². The van der Waals surface area contributed by atoms with Crippen LogP contribution in [0.3, 0.4) is 0 Å². The summed E-state index contributed by atoms with van der Waals surface area (Å²) in [7, 11) is 1.69. The zero-order chi connectivity index (χ0) is 21.6. The third-order valence-corrected chi connectivity index (χ3v) is 6.14. The summed E-state index contributed by atoms with van der Waals surface area (Å²) in [5.74, 6) is 1.90. The molecule has 4 rings (SSSR count). The number of nitrogens with zero attached hydrogens (tertiary/aromatic N) is 4. The molecule has 0 saturated heterocycles. The molecule has 0 spiro atoms. The highest BCUT2D eigenvalue weighted by atomic mass is 35.5. The lowest BCUT2D eigenvalue weighted by molar-refractivity contribution is 0.189. The molecule has 9 heteroatoms. The van der Waals surface area contributed by atoms with Crippen LogP contribution < -0.4 is 0 Å². The highest BCUT2D eigenvalue weighted by Crippen LogP contribution is 2.31. The third-order valence-electron chi connectivity index (χ3n) is 4.55. The maximum absolute atomic E-state index is 6.40. The number of methoxy groups -OCH3 is 1. The Kier molecular flexibility index (Phi) is 7.29. The van der Waals surface area contributed by atoms with E-state index in [1.54, 1.807) is 25.1 Å². The molecule has 0 fully saturated rings. The van der Waals surface area contributed by atoms with Crippen molar-refractivity contribution in [3.8, 4) is 22.8 Å². The van der Waals surface area contributed by atoms with Crippen LogP contribution in [0.25, 0.3) is 22.8 Å². The van der Waals surface area contributed by atoms with Gasteiger partial charge in [-0.15, -0.1) is 10.2 Å². The van der Waals surface area contributed by atoms with Crippen molar-refractivity contribution in [1.29, 1.82) is 0 Å². The molecule has 2 aromatic carbocycles. The summed E-state index contributed by atoms with van der Waals surface area (Å²) in [5.41, 5.74) is 2.55. The lowest BCUT2D eigenvalue weighted by Gasteiger charge is -2.10. The molecule has 0 bridgehead atoms. The highest BCUT2D eigenvalue weighted by molar-refractivity contribution is 7.98. The molecule has 0 unspecified atom stereocenters. The van der Waals surface area contributed by atoms with Crippen LogP contribution in [0, 0.1) is 0 Å². The molecule has 0 atom stereocenters. The molecule has 160 valence electrons. The van der Waals surface area contributed by atoms with E-state index in [2.05, 4.69) is 19.7 Å². The minimum atomic E-state index is 0.561. The van der Waals surface area contributed by atoms with Crippen molar-refractivity contribution in [2.24, 2.45) is 0 Å². The van der Waals surface area contributed by atoms with Crippen LogP contribution in [0.4, 0.5) is 0 Å². The summed E-state index contributed by atoms with van der Waals surface area (Å²) in [6.45, 7) is 1.37. The number of hydrogen-bond acceptors (Lipinski definition) is 6. The molecular weight excluding hydrogens is 455 g/mol. The van der Waals surface area contributed by atoms with E-state index in [9.17, 15) is 0 Å². The first kappa shape index (κ1) is 21.9. The molecule has 0 aliphatic rings. The SMILES string of the molecule is COCCCn1c(SCc2coc(-c3ccc(Cl)cc3)n2)nnc1-c1ccccc1Cl. The Morgan fingerprint density at radius 1 is 1.06 bits per heavy atom. The molecule has 0 amide bonds. The van der Waals surface area contributed by atoms with Gasteiger partial charge in [-0.1, -0.05) is 47.1 Å². The Morgan fingerprint density at radius 2 is 1.87 bits per heavy atom. The number of thioether (sulfide) groups is 1. The Bertz CT molecular complexity index is 1140. The van der Waals surface area contributed by atoms with Crippen LogP contribution in [0.5, 0.6) is 0 Å². The van der Waals surface area contributed by atoms with Crippen LogP contribution >= 0.6 is 35.0 Å². The van der Waals surface area contributed by atoms with Crippen molar-refractivity contribution >= 4 is 35.0 Å². The summed E-state index contributed by atoms with van der Waals surface area (Å²) >= 11 is 13.9. The Labute approximate surface area is 194 Å². The number of oxazole rings is 1. The number of hydrogen-bond donors (Lipinski definition) is 0. The summed E-state index contributed by atoms with van der Waals surface area (Å²) in [6, 6.07) is 15.0. The van der Waals surface area contributed by atoms with Gasteiger partial charge in [-0.25, -0.2) is 4.98 Å². The van der Waals surface area contributed by atoms with Crippen molar-refractivity contribution in [2.75, 3.05) is 13.7 Å². The molecule has 0 radical (unpaired) electrons. The second-order valence-corrected chi connectivity index (χ2v) is 8.51. The molecule has 2 heterocycles. The minimum Gasteiger partial charge on any atom is -0.444 e. The predicted octanol–water partition coefficient (Wildman–Crippen LogP) is 6.24. The molecular formula is C22H20Cl2N4O2S. The first-order valence-electron chi connectivity index (χ1n) is 9.66. The monoisotopic (exact) mass is 474 g/mol. The summed E-state index contributed by atoms with van der Waals surface area (Å²) < 4.78 is 12.9. The summed E-state index contributed by atoms with van der Waals surface area (Å²) in [6.07, 6.45) is 2.50. The number of benzene rings is 2. The van der Waals surface area contributed by atoms with Crippen molar-refractivity contribution in [1.82, 2.24) is 19.7 Å². The fourth-order valence-corrected chi connectivity index (χ4v) is 4.23. The summed E-state index contributed by atoms with van der Waals surface area (Å²) in [5, 5.41) is 10.9. The lowest BCUT2D eigenvalue weighted by atomic mass is 10.2. The van der Waals surface area contributed by atoms with Gasteiger partial charge < -0.3 is 13.7 Å². The fraction of sp³-hybridized carbons (Fsp3) is 0.227. The quantitative estimate of drug-likeness (QED) is 0.211. The van der Waals surface area contributed by atoms with Crippen LogP contribution in [-0.4, -0.2) is 33.5 Å². The lowest BCUT2D eigenvalue weighted by Crippen LogP contribution is -2.05.